The molecule has 0 saturated carbocycles. The zero-order valence-electron chi connectivity index (χ0n) is 26.9. The molecule has 1 unspecified atom stereocenters. The van der Waals surface area contributed by atoms with Crippen LogP contribution in [0.5, 0.6) is 5.75 Å². The van der Waals surface area contributed by atoms with Gasteiger partial charge in [-0.2, -0.15) is 0 Å². The highest BCUT2D eigenvalue weighted by Gasteiger charge is 2.34. The average Bonchev–Trinajstić information content (AvgIpc) is 3.48. The third kappa shape index (κ3) is 8.87. The minimum absolute atomic E-state index is 0.00820. The van der Waals surface area contributed by atoms with Crippen LogP contribution in [-0.2, 0) is 35.1 Å². The van der Waals surface area contributed by atoms with Crippen LogP contribution >= 0.6 is 0 Å². The molecule has 0 aliphatic heterocycles. The lowest BCUT2D eigenvalue weighted by molar-refractivity contribution is -0.0909. The van der Waals surface area contributed by atoms with Crippen molar-refractivity contribution in [1.29, 1.82) is 0 Å². The van der Waals surface area contributed by atoms with Crippen molar-refractivity contribution in [2.75, 3.05) is 0 Å². The molecule has 1 amide bonds. The number of hydrogen-bond acceptors (Lipinski definition) is 11. The Labute approximate surface area is 270 Å². The van der Waals surface area contributed by atoms with Gasteiger partial charge in [-0.3, -0.25) is 19.0 Å². The smallest absolute Gasteiger partial charge is 0.446 e. The normalized spacial score (nSPS) is 12.0. The minimum atomic E-state index is -1.34. The molecule has 248 valence electrons. The van der Waals surface area contributed by atoms with E-state index in [2.05, 4.69) is 20.5 Å². The van der Waals surface area contributed by atoms with E-state index in [0.29, 0.717) is 5.56 Å². The molecule has 2 aromatic carbocycles. The quantitative estimate of drug-likeness (QED) is 0.120. The summed E-state index contributed by atoms with van der Waals surface area (Å²) >= 11 is 0. The molecular formula is C33H36FN5O8. The van der Waals surface area contributed by atoms with E-state index in [4.69, 9.17) is 18.6 Å². The maximum Gasteiger partial charge on any atom is 0.511 e. The molecule has 4 aromatic rings. The average molecular weight is 650 g/mol. The van der Waals surface area contributed by atoms with Crippen LogP contribution in [0, 0.1) is 18.7 Å². The Morgan fingerprint density at radius 2 is 1.70 bits per heavy atom. The summed E-state index contributed by atoms with van der Waals surface area (Å²) in [5.41, 5.74) is -1.04. The van der Waals surface area contributed by atoms with E-state index in [9.17, 15) is 23.6 Å². The van der Waals surface area contributed by atoms with Crippen LogP contribution in [0.1, 0.15) is 78.1 Å². The second-order valence-electron chi connectivity index (χ2n) is 11.6. The molecule has 2 heterocycles. The molecule has 4 rings (SSSR count). The van der Waals surface area contributed by atoms with Crippen molar-refractivity contribution in [3.63, 3.8) is 0 Å². The monoisotopic (exact) mass is 649 g/mol. The fourth-order valence-corrected chi connectivity index (χ4v) is 4.50. The third-order valence-electron chi connectivity index (χ3n) is 6.96. The van der Waals surface area contributed by atoms with Gasteiger partial charge in [-0.05, 0) is 43.5 Å². The first-order valence-corrected chi connectivity index (χ1v) is 14.8. The predicted octanol–water partition coefficient (Wildman–Crippen LogP) is 4.81. The lowest BCUT2D eigenvalue weighted by atomic mass is 10.0. The second-order valence-corrected chi connectivity index (χ2v) is 11.6. The van der Waals surface area contributed by atoms with Crippen molar-refractivity contribution in [1.82, 2.24) is 25.1 Å². The van der Waals surface area contributed by atoms with Crippen molar-refractivity contribution in [2.45, 2.75) is 65.9 Å². The van der Waals surface area contributed by atoms with Crippen molar-refractivity contribution >= 4 is 17.8 Å². The van der Waals surface area contributed by atoms with E-state index in [1.54, 1.807) is 64.1 Å². The Morgan fingerprint density at radius 1 is 1.02 bits per heavy atom. The number of carbonyl (C=O) groups excluding carboxylic acids is 3. The Balaban J connectivity index is 1.66. The van der Waals surface area contributed by atoms with Crippen LogP contribution in [0.2, 0.25) is 0 Å². The number of ketones is 1. The van der Waals surface area contributed by atoms with Gasteiger partial charge in [0.15, 0.2) is 11.5 Å². The summed E-state index contributed by atoms with van der Waals surface area (Å²) in [5, 5.41) is 10.1. The molecule has 0 fully saturated rings. The highest BCUT2D eigenvalue weighted by Crippen LogP contribution is 2.25. The molecule has 47 heavy (non-hydrogen) atoms. The molecule has 0 bridgehead atoms. The fraction of sp³-hybridized carbons (Fsp3) is 0.364. The van der Waals surface area contributed by atoms with E-state index >= 15 is 0 Å². The number of benzene rings is 2. The first kappa shape index (κ1) is 34.5. The van der Waals surface area contributed by atoms with E-state index in [1.807, 2.05) is 6.07 Å². The lowest BCUT2D eigenvalue weighted by Gasteiger charge is -2.28. The number of aryl methyl sites for hydroxylation is 2. The van der Waals surface area contributed by atoms with Gasteiger partial charge in [0, 0.05) is 26.3 Å². The Morgan fingerprint density at radius 3 is 2.32 bits per heavy atom. The second kappa shape index (κ2) is 14.8. The zero-order valence-corrected chi connectivity index (χ0v) is 26.9. The summed E-state index contributed by atoms with van der Waals surface area (Å²) < 4.78 is 36.4. The topological polar surface area (TPSA) is 165 Å². The van der Waals surface area contributed by atoms with Gasteiger partial charge >= 0.3 is 18.0 Å². The first-order valence-electron chi connectivity index (χ1n) is 14.8. The lowest BCUT2D eigenvalue weighted by Crippen LogP contribution is -2.46. The van der Waals surface area contributed by atoms with Crippen LogP contribution in [0.4, 0.5) is 9.18 Å². The van der Waals surface area contributed by atoms with Crippen molar-refractivity contribution < 1.29 is 37.4 Å². The minimum Gasteiger partial charge on any atom is -0.446 e. The molecule has 0 spiro atoms. The number of hydrogen-bond donors (Lipinski definition) is 1. The number of carbonyl (C=O) groups is 3. The third-order valence-corrected chi connectivity index (χ3v) is 6.96. The number of ether oxygens (including phenoxy) is 3. The largest absolute Gasteiger partial charge is 0.511 e. The molecule has 0 saturated heterocycles. The predicted molar refractivity (Wildman–Crippen MR) is 165 cm³/mol. The SMILES string of the molecule is Cc1nnc(C(=O)NC(C)(C)c2nc(C(=O)CCc3ccc(F)cc3)c(OC(OC(=O)OCc3ccccc3)C(C)C)c(=O)n2C)o1. The van der Waals surface area contributed by atoms with Crippen LogP contribution in [0.25, 0.3) is 0 Å². The van der Waals surface area contributed by atoms with Crippen LogP contribution in [-0.4, -0.2) is 43.9 Å². The van der Waals surface area contributed by atoms with Gasteiger partial charge in [-0.1, -0.05) is 56.3 Å². The Bertz CT molecular complexity index is 1780. The number of rotatable bonds is 13. The summed E-state index contributed by atoms with van der Waals surface area (Å²) in [6, 6.07) is 14.6. The van der Waals surface area contributed by atoms with Crippen LogP contribution in [0.15, 0.2) is 63.8 Å². The maximum atomic E-state index is 13.9. The molecule has 1 N–H and O–H groups in total. The van der Waals surface area contributed by atoms with Gasteiger partial charge in [-0.15, -0.1) is 10.2 Å². The fourth-order valence-electron chi connectivity index (χ4n) is 4.50. The van der Waals surface area contributed by atoms with Gasteiger partial charge in [-0.25, -0.2) is 14.2 Å². The zero-order chi connectivity index (χ0) is 34.3. The van der Waals surface area contributed by atoms with Crippen molar-refractivity contribution in [3.05, 3.63) is 105 Å². The molecule has 14 heteroatoms. The van der Waals surface area contributed by atoms with Gasteiger partial charge in [0.2, 0.25) is 11.6 Å². The molecule has 0 aliphatic carbocycles. The number of aromatic nitrogens is 4. The summed E-state index contributed by atoms with van der Waals surface area (Å²) in [6.45, 7) is 8.00. The number of nitrogens with zero attached hydrogens (tertiary/aromatic N) is 4. The Hall–Kier alpha value is -5.40. The molecule has 1 atom stereocenters. The van der Waals surface area contributed by atoms with Crippen molar-refractivity contribution in [3.8, 4) is 5.75 Å². The van der Waals surface area contributed by atoms with E-state index in [0.717, 1.165) is 10.1 Å². The van der Waals surface area contributed by atoms with Gasteiger partial charge in [0.25, 0.3) is 11.8 Å². The van der Waals surface area contributed by atoms with E-state index in [1.165, 1.54) is 26.1 Å². The van der Waals surface area contributed by atoms with Gasteiger partial charge < -0.3 is 23.9 Å². The van der Waals surface area contributed by atoms with Crippen LogP contribution < -0.4 is 15.6 Å². The van der Waals surface area contributed by atoms with Crippen molar-refractivity contribution in [2.24, 2.45) is 13.0 Å². The number of amides is 1. The number of Topliss-reactive ketones (excluding diaryl/α,β-unsaturated/α-hetero) is 1. The van der Waals surface area contributed by atoms with E-state index < -0.39 is 52.7 Å². The molecular weight excluding hydrogens is 613 g/mol. The standard InChI is InChI=1S/C33H36FN5O8/c1-19(2)30(47-32(43)44-18-22-10-8-7-9-11-22)46-26-25(24(40)17-14-21-12-15-23(34)16-13-21)35-31(39(6)29(26)42)33(4,5)36-27(41)28-38-37-20(3)45-28/h7-13,15-16,19,30H,14,17-18H2,1-6H3,(H,36,41). The number of halogens is 1. The highest BCUT2D eigenvalue weighted by atomic mass is 19.1. The summed E-state index contributed by atoms with van der Waals surface area (Å²) in [5.74, 6) is -2.77. The van der Waals surface area contributed by atoms with Crippen LogP contribution in [0.3, 0.4) is 0 Å². The Kier molecular flexibility index (Phi) is 10.9. The summed E-state index contributed by atoms with van der Waals surface area (Å²) in [6.07, 6.45) is -2.30. The molecule has 0 aliphatic rings. The molecule has 0 radical (unpaired) electrons. The van der Waals surface area contributed by atoms with Gasteiger partial charge in [0.1, 0.15) is 18.2 Å². The summed E-state index contributed by atoms with van der Waals surface area (Å²) in [4.78, 5) is 57.6. The maximum absolute atomic E-state index is 13.9. The molecule has 2 aromatic heterocycles. The van der Waals surface area contributed by atoms with Gasteiger partial charge in [0.05, 0.1) is 5.54 Å². The first-order chi connectivity index (χ1) is 22.2. The highest BCUT2D eigenvalue weighted by molar-refractivity contribution is 5.97. The number of nitrogens with one attached hydrogen (secondary N) is 1. The van der Waals surface area contributed by atoms with E-state index in [-0.39, 0.29) is 42.7 Å². The summed E-state index contributed by atoms with van der Waals surface area (Å²) in [7, 11) is 1.40. The molecule has 13 nitrogen and oxygen atoms in total.